The summed E-state index contributed by atoms with van der Waals surface area (Å²) < 4.78 is 2.06. The van der Waals surface area contributed by atoms with Gasteiger partial charge in [-0.3, -0.25) is 14.3 Å². The van der Waals surface area contributed by atoms with Crippen molar-refractivity contribution in [2.75, 3.05) is 31.3 Å². The summed E-state index contributed by atoms with van der Waals surface area (Å²) in [7, 11) is 3.88. The van der Waals surface area contributed by atoms with E-state index in [0.29, 0.717) is 22.5 Å². The monoisotopic (exact) mass is 500 g/mol. The summed E-state index contributed by atoms with van der Waals surface area (Å²) in [6.07, 6.45) is 7.54. The number of halogens is 1. The Hall–Kier alpha value is -3.68. The topological polar surface area (TPSA) is 80.3 Å². The van der Waals surface area contributed by atoms with Crippen molar-refractivity contribution in [2.24, 2.45) is 0 Å². The third-order valence-corrected chi connectivity index (χ3v) is 7.03. The third kappa shape index (κ3) is 4.59. The molecule has 4 aromatic rings. The maximum atomic E-state index is 12.9. The number of nitrogen functional groups attached to an aromatic ring is 1. The molecule has 0 bridgehead atoms. The van der Waals surface area contributed by atoms with E-state index < -0.39 is 0 Å². The van der Waals surface area contributed by atoms with Crippen molar-refractivity contribution >= 4 is 40.0 Å². The fraction of sp³-hybridized carbons (Fsp3) is 0.250. The summed E-state index contributed by atoms with van der Waals surface area (Å²) in [6.45, 7) is 2.80. The van der Waals surface area contributed by atoms with Gasteiger partial charge in [-0.05, 0) is 62.7 Å². The van der Waals surface area contributed by atoms with E-state index in [9.17, 15) is 4.79 Å². The zero-order chi connectivity index (χ0) is 25.4. The zero-order valence-electron chi connectivity index (χ0n) is 20.6. The lowest BCUT2D eigenvalue weighted by molar-refractivity contribution is -0.113. The maximum Gasteiger partial charge on any atom is 0.250 e. The van der Waals surface area contributed by atoms with Crippen molar-refractivity contribution in [1.82, 2.24) is 19.4 Å². The second kappa shape index (κ2) is 9.76. The van der Waals surface area contributed by atoms with Gasteiger partial charge in [-0.25, -0.2) is 9.97 Å². The van der Waals surface area contributed by atoms with Gasteiger partial charge in [-0.1, -0.05) is 35.9 Å². The van der Waals surface area contributed by atoms with Crippen LogP contribution in [0, 0.1) is 6.92 Å². The van der Waals surface area contributed by atoms with Crippen molar-refractivity contribution in [1.29, 1.82) is 0 Å². The molecule has 0 aliphatic heterocycles. The molecule has 2 N–H and O–H groups in total. The quantitative estimate of drug-likeness (QED) is 0.351. The van der Waals surface area contributed by atoms with Gasteiger partial charge >= 0.3 is 0 Å². The number of nitrogens with two attached hydrogens (primary N) is 1. The van der Waals surface area contributed by atoms with Crippen LogP contribution in [-0.4, -0.2) is 52.0 Å². The first-order valence-electron chi connectivity index (χ1n) is 12.0. The number of benzene rings is 2. The number of hydrogen-bond acceptors (Lipinski definition) is 5. The molecule has 2 heterocycles. The fourth-order valence-electron chi connectivity index (χ4n) is 4.60. The predicted octanol–water partition coefficient (Wildman–Crippen LogP) is 5.24. The molecule has 184 valence electrons. The van der Waals surface area contributed by atoms with Crippen LogP contribution in [0.2, 0.25) is 5.02 Å². The van der Waals surface area contributed by atoms with E-state index in [2.05, 4.69) is 26.5 Å². The third-order valence-electron chi connectivity index (χ3n) is 6.78. The molecular formula is C28H29ClN6O. The standard InChI is InChI=1S/C28H29ClN6O/c1-18-25(19-9-11-20(29)12-10-19)26-27(30)31-17-32-28(26)35(18)23-7-4-6-22(16-23)34(3)24(36)8-5-15-33(2)21-13-14-21/h4-12,16-17,21H,13-15H2,1-3H3,(H2,30,31,32). The van der Waals surface area contributed by atoms with E-state index in [0.717, 1.165) is 40.1 Å². The molecule has 1 amide bonds. The Morgan fingerprint density at radius 1 is 1.17 bits per heavy atom. The molecule has 0 unspecified atom stereocenters. The van der Waals surface area contributed by atoms with Crippen molar-refractivity contribution in [3.63, 3.8) is 0 Å². The highest BCUT2D eigenvalue weighted by molar-refractivity contribution is 6.30. The van der Waals surface area contributed by atoms with Crippen LogP contribution in [0.3, 0.4) is 0 Å². The summed E-state index contributed by atoms with van der Waals surface area (Å²) in [5.74, 6) is 0.343. The number of fused-ring (bicyclic) bond motifs is 1. The highest BCUT2D eigenvalue weighted by Gasteiger charge is 2.25. The minimum absolute atomic E-state index is 0.0705. The Bertz CT molecular complexity index is 1460. The lowest BCUT2D eigenvalue weighted by Crippen LogP contribution is -2.25. The molecule has 5 rings (SSSR count). The Labute approximate surface area is 215 Å². The molecule has 1 aliphatic rings. The zero-order valence-corrected chi connectivity index (χ0v) is 21.4. The molecule has 0 atom stereocenters. The molecule has 7 nitrogen and oxygen atoms in total. The highest BCUT2D eigenvalue weighted by atomic mass is 35.5. The predicted molar refractivity (Wildman–Crippen MR) is 147 cm³/mol. The van der Waals surface area contributed by atoms with Crippen LogP contribution in [0.15, 0.2) is 67.0 Å². The number of carbonyl (C=O) groups excluding carboxylic acids is 1. The Morgan fingerprint density at radius 3 is 2.64 bits per heavy atom. The van der Waals surface area contributed by atoms with Gasteiger partial charge in [0.15, 0.2) is 5.65 Å². The lowest BCUT2D eigenvalue weighted by atomic mass is 10.0. The molecule has 8 heteroatoms. The van der Waals surface area contributed by atoms with Crippen LogP contribution in [0.25, 0.3) is 27.8 Å². The summed E-state index contributed by atoms with van der Waals surface area (Å²) in [6, 6.07) is 16.2. The molecule has 1 aliphatic carbocycles. The van der Waals surface area contributed by atoms with Gasteiger partial charge in [0, 0.05) is 53.4 Å². The average Bonchev–Trinajstić information content (AvgIpc) is 3.68. The molecule has 0 radical (unpaired) electrons. The van der Waals surface area contributed by atoms with E-state index >= 15 is 0 Å². The van der Waals surface area contributed by atoms with Gasteiger partial charge in [-0.15, -0.1) is 0 Å². The van der Waals surface area contributed by atoms with Gasteiger partial charge in [0.2, 0.25) is 5.91 Å². The Kier molecular flexibility index (Phi) is 6.51. The van der Waals surface area contributed by atoms with Crippen molar-refractivity contribution in [2.45, 2.75) is 25.8 Å². The van der Waals surface area contributed by atoms with Crippen molar-refractivity contribution in [3.8, 4) is 16.8 Å². The molecule has 2 aromatic heterocycles. The van der Waals surface area contributed by atoms with Crippen LogP contribution < -0.4 is 10.6 Å². The van der Waals surface area contributed by atoms with Gasteiger partial charge in [0.25, 0.3) is 0 Å². The number of anilines is 2. The van der Waals surface area contributed by atoms with Crippen molar-refractivity contribution in [3.05, 3.63) is 77.7 Å². The van der Waals surface area contributed by atoms with Crippen LogP contribution in [0.1, 0.15) is 18.5 Å². The summed E-state index contributed by atoms with van der Waals surface area (Å²) in [5, 5.41) is 1.45. The van der Waals surface area contributed by atoms with Gasteiger partial charge in [0.05, 0.1) is 5.39 Å². The minimum Gasteiger partial charge on any atom is -0.383 e. The summed E-state index contributed by atoms with van der Waals surface area (Å²) in [4.78, 5) is 25.6. The molecule has 1 saturated carbocycles. The fourth-order valence-corrected chi connectivity index (χ4v) is 4.73. The van der Waals surface area contributed by atoms with Crippen LogP contribution >= 0.6 is 11.6 Å². The molecule has 36 heavy (non-hydrogen) atoms. The first-order valence-corrected chi connectivity index (χ1v) is 12.3. The molecular weight excluding hydrogens is 472 g/mol. The molecule has 2 aromatic carbocycles. The highest BCUT2D eigenvalue weighted by Crippen LogP contribution is 2.38. The second-order valence-corrected chi connectivity index (χ2v) is 9.69. The maximum absolute atomic E-state index is 12.9. The molecule has 0 saturated heterocycles. The number of hydrogen-bond donors (Lipinski definition) is 1. The van der Waals surface area contributed by atoms with Gasteiger partial charge in [0.1, 0.15) is 12.1 Å². The SMILES string of the molecule is Cc1c(-c2ccc(Cl)cc2)c2c(N)ncnc2n1-c1cccc(N(C)C(=O)C=CCN(C)C2CC2)c1. The van der Waals surface area contributed by atoms with E-state index in [1.165, 1.54) is 19.2 Å². The number of aromatic nitrogens is 3. The van der Waals surface area contributed by atoms with Crippen LogP contribution in [0.4, 0.5) is 11.5 Å². The van der Waals surface area contributed by atoms with Gasteiger partial charge in [-0.2, -0.15) is 0 Å². The van der Waals surface area contributed by atoms with Crippen molar-refractivity contribution < 1.29 is 4.79 Å². The summed E-state index contributed by atoms with van der Waals surface area (Å²) in [5.41, 5.74) is 11.6. The summed E-state index contributed by atoms with van der Waals surface area (Å²) >= 11 is 6.13. The second-order valence-electron chi connectivity index (χ2n) is 9.25. The average molecular weight is 501 g/mol. The minimum atomic E-state index is -0.0705. The normalized spacial score (nSPS) is 13.7. The number of amides is 1. The van der Waals surface area contributed by atoms with Crippen LogP contribution in [-0.2, 0) is 4.79 Å². The van der Waals surface area contributed by atoms with E-state index in [-0.39, 0.29) is 5.91 Å². The first kappa shape index (κ1) is 24.0. The number of rotatable bonds is 7. The van der Waals surface area contributed by atoms with E-state index in [1.54, 1.807) is 18.0 Å². The Morgan fingerprint density at radius 2 is 1.92 bits per heavy atom. The smallest absolute Gasteiger partial charge is 0.250 e. The number of nitrogens with zero attached hydrogens (tertiary/aromatic N) is 5. The lowest BCUT2D eigenvalue weighted by Gasteiger charge is -2.18. The van der Waals surface area contributed by atoms with Crippen LogP contribution in [0.5, 0.6) is 0 Å². The van der Waals surface area contributed by atoms with E-state index in [4.69, 9.17) is 17.3 Å². The van der Waals surface area contributed by atoms with Gasteiger partial charge < -0.3 is 10.6 Å². The largest absolute Gasteiger partial charge is 0.383 e. The number of carbonyl (C=O) groups is 1. The first-order chi connectivity index (χ1) is 17.3. The molecule has 0 spiro atoms. The number of likely N-dealkylation sites (N-methyl/N-ethyl adjacent to an activating group) is 2. The van der Waals surface area contributed by atoms with E-state index in [1.807, 2.05) is 61.5 Å². The molecule has 1 fully saturated rings. The Balaban J connectivity index is 1.51.